The molecule has 2 N–H and O–H groups in total. The molecule has 0 amide bonds. The van der Waals surface area contributed by atoms with E-state index in [1.165, 1.54) is 12.1 Å². The van der Waals surface area contributed by atoms with E-state index in [2.05, 4.69) is 10.2 Å². The van der Waals surface area contributed by atoms with Gasteiger partial charge in [0.2, 0.25) is 0 Å². The highest BCUT2D eigenvalue weighted by atomic mass is 32.3. The molecule has 2 aromatic rings. The molecule has 2 aromatic carbocycles. The fraction of sp³-hybridized carbons (Fsp3) is 0.294. The highest BCUT2D eigenvalue weighted by Gasteiger charge is 2.13. The number of aryl methyl sites for hydroxylation is 1. The Bertz CT molecular complexity index is 864. The second-order valence-corrected chi connectivity index (χ2v) is 6.88. The standard InChI is InChI=1S/C17H20FN3O4S/c1-13-2-7-16(26(18,24)25)12-17(13)20-19-14-3-5-15(6-4-14)21(8-10-22)9-11-23/h2-7,12,22-23H,8-11H2,1H3. The van der Waals surface area contributed by atoms with Crippen LogP contribution in [0.1, 0.15) is 5.56 Å². The molecular weight excluding hydrogens is 361 g/mol. The third kappa shape index (κ3) is 5.32. The fourth-order valence-electron chi connectivity index (χ4n) is 2.30. The molecular formula is C17H20FN3O4S. The van der Waals surface area contributed by atoms with Crippen LogP contribution in [-0.2, 0) is 10.2 Å². The SMILES string of the molecule is Cc1ccc(S(=O)(=O)F)cc1N=Nc1ccc(N(CCO)CCO)cc1. The van der Waals surface area contributed by atoms with Crippen LogP contribution in [0.4, 0.5) is 20.9 Å². The van der Waals surface area contributed by atoms with Crippen molar-refractivity contribution >= 4 is 27.3 Å². The summed E-state index contributed by atoms with van der Waals surface area (Å²) in [6, 6.07) is 10.7. The summed E-state index contributed by atoms with van der Waals surface area (Å²) in [5, 5.41) is 26.2. The second-order valence-electron chi connectivity index (χ2n) is 5.54. The molecule has 2 rings (SSSR count). The number of anilines is 1. The van der Waals surface area contributed by atoms with E-state index in [1.54, 1.807) is 31.2 Å². The van der Waals surface area contributed by atoms with Crippen LogP contribution in [0.5, 0.6) is 0 Å². The van der Waals surface area contributed by atoms with Gasteiger partial charge in [0.1, 0.15) is 4.90 Å². The van der Waals surface area contributed by atoms with Crippen molar-refractivity contribution in [1.29, 1.82) is 0 Å². The summed E-state index contributed by atoms with van der Waals surface area (Å²) in [7, 11) is -4.80. The minimum atomic E-state index is -4.80. The average molecular weight is 381 g/mol. The zero-order valence-corrected chi connectivity index (χ0v) is 15.0. The molecule has 0 fully saturated rings. The van der Waals surface area contributed by atoms with E-state index in [9.17, 15) is 12.3 Å². The first kappa shape index (κ1) is 20.0. The number of benzene rings is 2. The third-order valence-electron chi connectivity index (χ3n) is 3.69. The van der Waals surface area contributed by atoms with Gasteiger partial charge in [-0.2, -0.15) is 18.6 Å². The van der Waals surface area contributed by atoms with Crippen molar-refractivity contribution in [3.8, 4) is 0 Å². The Balaban J connectivity index is 2.21. The number of aliphatic hydroxyl groups is 2. The number of nitrogens with zero attached hydrogens (tertiary/aromatic N) is 3. The van der Waals surface area contributed by atoms with E-state index < -0.39 is 15.1 Å². The van der Waals surface area contributed by atoms with Gasteiger partial charge >= 0.3 is 10.2 Å². The Morgan fingerprint density at radius 1 is 1.00 bits per heavy atom. The van der Waals surface area contributed by atoms with Crippen LogP contribution in [0.3, 0.4) is 0 Å². The Morgan fingerprint density at radius 2 is 1.62 bits per heavy atom. The first-order valence-corrected chi connectivity index (χ1v) is 9.27. The lowest BCUT2D eigenvalue weighted by atomic mass is 10.2. The van der Waals surface area contributed by atoms with Gasteiger partial charge in [0.15, 0.2) is 0 Å². The van der Waals surface area contributed by atoms with Crippen LogP contribution < -0.4 is 4.90 Å². The summed E-state index contributed by atoms with van der Waals surface area (Å²) in [5.74, 6) is 0. The Labute approximate surface area is 151 Å². The lowest BCUT2D eigenvalue weighted by Crippen LogP contribution is -2.29. The monoisotopic (exact) mass is 381 g/mol. The summed E-state index contributed by atoms with van der Waals surface area (Å²) in [4.78, 5) is 1.36. The molecule has 0 radical (unpaired) electrons. The molecule has 0 bridgehead atoms. The van der Waals surface area contributed by atoms with Crippen LogP contribution in [0.2, 0.25) is 0 Å². The molecule has 0 aliphatic rings. The van der Waals surface area contributed by atoms with E-state index in [0.717, 1.165) is 11.8 Å². The Morgan fingerprint density at radius 3 is 2.15 bits per heavy atom. The van der Waals surface area contributed by atoms with Crippen LogP contribution in [-0.4, -0.2) is 44.9 Å². The molecule has 0 aliphatic carbocycles. The number of hydrogen-bond donors (Lipinski definition) is 2. The normalized spacial score (nSPS) is 11.8. The van der Waals surface area contributed by atoms with Crippen LogP contribution in [0, 0.1) is 6.92 Å². The molecule has 0 saturated heterocycles. The summed E-state index contributed by atoms with van der Waals surface area (Å²) in [5.41, 5.74) is 2.26. The number of rotatable bonds is 8. The predicted octanol–water partition coefficient (Wildman–Crippen LogP) is 2.86. The van der Waals surface area contributed by atoms with Crippen molar-refractivity contribution in [2.45, 2.75) is 11.8 Å². The zero-order valence-electron chi connectivity index (χ0n) is 14.2. The van der Waals surface area contributed by atoms with Gasteiger partial charge < -0.3 is 15.1 Å². The minimum absolute atomic E-state index is 0.0332. The molecule has 0 unspecified atom stereocenters. The maximum atomic E-state index is 13.1. The molecule has 0 aliphatic heterocycles. The minimum Gasteiger partial charge on any atom is -0.395 e. The van der Waals surface area contributed by atoms with Gasteiger partial charge in [-0.3, -0.25) is 0 Å². The molecule has 9 heteroatoms. The number of aliphatic hydroxyl groups excluding tert-OH is 2. The lowest BCUT2D eigenvalue weighted by molar-refractivity contribution is 0.281. The maximum absolute atomic E-state index is 13.1. The summed E-state index contributed by atoms with van der Waals surface area (Å²) >= 11 is 0. The van der Waals surface area contributed by atoms with E-state index in [4.69, 9.17) is 10.2 Å². The van der Waals surface area contributed by atoms with E-state index in [-0.39, 0.29) is 18.9 Å². The van der Waals surface area contributed by atoms with Crippen molar-refractivity contribution < 1.29 is 22.5 Å². The fourth-order valence-corrected chi connectivity index (χ4v) is 2.78. The Kier molecular flexibility index (Phi) is 6.78. The average Bonchev–Trinajstić information content (AvgIpc) is 2.60. The first-order valence-electron chi connectivity index (χ1n) is 7.89. The molecule has 140 valence electrons. The quantitative estimate of drug-likeness (QED) is 0.541. The summed E-state index contributed by atoms with van der Waals surface area (Å²) in [6.07, 6.45) is 0. The topological polar surface area (TPSA) is 103 Å². The van der Waals surface area contributed by atoms with Crippen LogP contribution in [0.25, 0.3) is 0 Å². The highest BCUT2D eigenvalue weighted by molar-refractivity contribution is 7.86. The maximum Gasteiger partial charge on any atom is 0.332 e. The first-order chi connectivity index (χ1) is 12.3. The third-order valence-corrected chi connectivity index (χ3v) is 4.51. The predicted molar refractivity (Wildman–Crippen MR) is 96.5 cm³/mol. The molecule has 7 nitrogen and oxygen atoms in total. The van der Waals surface area contributed by atoms with Crippen molar-refractivity contribution in [2.24, 2.45) is 10.2 Å². The molecule has 0 saturated carbocycles. The van der Waals surface area contributed by atoms with Gasteiger partial charge in [-0.15, -0.1) is 3.89 Å². The van der Waals surface area contributed by atoms with Crippen molar-refractivity contribution in [1.82, 2.24) is 0 Å². The smallest absolute Gasteiger partial charge is 0.332 e. The van der Waals surface area contributed by atoms with Crippen LogP contribution in [0.15, 0.2) is 57.6 Å². The molecule has 0 spiro atoms. The molecule has 26 heavy (non-hydrogen) atoms. The second kappa shape index (κ2) is 8.84. The zero-order chi connectivity index (χ0) is 19.2. The van der Waals surface area contributed by atoms with Gasteiger partial charge in [-0.1, -0.05) is 6.07 Å². The van der Waals surface area contributed by atoms with E-state index in [0.29, 0.717) is 24.3 Å². The highest BCUT2D eigenvalue weighted by Crippen LogP contribution is 2.27. The molecule has 0 aromatic heterocycles. The van der Waals surface area contributed by atoms with E-state index in [1.807, 2.05) is 4.90 Å². The molecule has 0 atom stereocenters. The van der Waals surface area contributed by atoms with Crippen molar-refractivity contribution in [3.63, 3.8) is 0 Å². The van der Waals surface area contributed by atoms with Gasteiger partial charge in [-0.25, -0.2) is 0 Å². The number of halogens is 1. The van der Waals surface area contributed by atoms with Gasteiger partial charge in [0.25, 0.3) is 0 Å². The lowest BCUT2D eigenvalue weighted by Gasteiger charge is -2.22. The van der Waals surface area contributed by atoms with Crippen molar-refractivity contribution in [3.05, 3.63) is 48.0 Å². The number of azo groups is 1. The van der Waals surface area contributed by atoms with Crippen molar-refractivity contribution in [2.75, 3.05) is 31.2 Å². The number of hydrogen-bond acceptors (Lipinski definition) is 7. The summed E-state index contributed by atoms with van der Waals surface area (Å²) < 4.78 is 35.1. The van der Waals surface area contributed by atoms with Gasteiger partial charge in [0, 0.05) is 18.8 Å². The summed E-state index contributed by atoms with van der Waals surface area (Å²) in [6.45, 7) is 2.44. The van der Waals surface area contributed by atoms with Crippen LogP contribution >= 0.6 is 0 Å². The Hall–Kier alpha value is -2.36. The van der Waals surface area contributed by atoms with Gasteiger partial charge in [0.05, 0.1) is 24.6 Å². The van der Waals surface area contributed by atoms with E-state index >= 15 is 0 Å². The van der Waals surface area contributed by atoms with Gasteiger partial charge in [-0.05, 0) is 48.9 Å². The largest absolute Gasteiger partial charge is 0.395 e. The molecule has 0 heterocycles.